The van der Waals surface area contributed by atoms with Gasteiger partial charge >= 0.3 is 0 Å². The summed E-state index contributed by atoms with van der Waals surface area (Å²) in [5.41, 5.74) is 2.36. The minimum Gasteiger partial charge on any atom is -0.496 e. The van der Waals surface area contributed by atoms with Gasteiger partial charge in [-0.25, -0.2) is 0 Å². The first kappa shape index (κ1) is 16.5. The van der Waals surface area contributed by atoms with E-state index in [-0.39, 0.29) is 0 Å². The van der Waals surface area contributed by atoms with E-state index in [4.69, 9.17) is 9.26 Å². The van der Waals surface area contributed by atoms with Gasteiger partial charge < -0.3 is 9.26 Å². The number of benzene rings is 1. The molecule has 3 rings (SSSR count). The van der Waals surface area contributed by atoms with Crippen molar-refractivity contribution < 1.29 is 9.26 Å². The zero-order chi connectivity index (χ0) is 16.2. The number of aromatic nitrogens is 1. The van der Waals surface area contributed by atoms with Crippen molar-refractivity contribution in [2.24, 2.45) is 0 Å². The van der Waals surface area contributed by atoms with E-state index in [9.17, 15) is 0 Å². The Kier molecular flexibility index (Phi) is 5.38. The van der Waals surface area contributed by atoms with Crippen molar-refractivity contribution in [2.75, 3.05) is 13.7 Å². The smallest absolute Gasteiger partial charge is 0.137 e. The normalized spacial score (nSPS) is 18.5. The summed E-state index contributed by atoms with van der Waals surface area (Å²) in [6.45, 7) is 4.18. The Balaban J connectivity index is 1.72. The van der Waals surface area contributed by atoms with Gasteiger partial charge in [-0.3, -0.25) is 4.90 Å². The number of nitrogens with zero attached hydrogens (tertiary/aromatic N) is 2. The molecule has 0 amide bonds. The van der Waals surface area contributed by atoms with E-state index in [1.54, 1.807) is 7.11 Å². The van der Waals surface area contributed by atoms with Crippen LogP contribution in [0, 0.1) is 0 Å². The highest BCUT2D eigenvalue weighted by molar-refractivity contribution is 9.10. The van der Waals surface area contributed by atoms with Crippen LogP contribution >= 0.6 is 15.9 Å². The largest absolute Gasteiger partial charge is 0.496 e. The molecule has 0 spiro atoms. The number of ether oxygens (including phenoxy) is 1. The molecule has 0 N–H and O–H groups in total. The fraction of sp³-hybridized carbons (Fsp3) is 0.500. The van der Waals surface area contributed by atoms with Crippen LogP contribution in [-0.4, -0.2) is 23.7 Å². The van der Waals surface area contributed by atoms with Crippen molar-refractivity contribution in [1.82, 2.24) is 10.1 Å². The molecule has 1 atom stereocenters. The molecule has 1 aromatic heterocycles. The third-order valence-electron chi connectivity index (χ3n) is 4.38. The van der Waals surface area contributed by atoms with E-state index >= 15 is 0 Å². The van der Waals surface area contributed by atoms with Gasteiger partial charge in [0.05, 0.1) is 17.6 Å². The Morgan fingerprint density at radius 3 is 3.00 bits per heavy atom. The number of rotatable bonds is 6. The van der Waals surface area contributed by atoms with Gasteiger partial charge in [0.25, 0.3) is 0 Å². The minimum absolute atomic E-state index is 0.366. The SMILES string of the molecule is CCCc1cc([C@@H]2CCCN2Cc2ccc(OC)c(Br)c2)no1. The summed E-state index contributed by atoms with van der Waals surface area (Å²) < 4.78 is 11.8. The predicted octanol–water partition coefficient (Wildman–Crippen LogP) is 4.74. The Morgan fingerprint density at radius 1 is 1.39 bits per heavy atom. The summed E-state index contributed by atoms with van der Waals surface area (Å²) in [4.78, 5) is 2.49. The third kappa shape index (κ3) is 3.78. The highest BCUT2D eigenvalue weighted by Crippen LogP contribution is 2.34. The van der Waals surface area contributed by atoms with Crippen LogP contribution in [0.3, 0.4) is 0 Å². The zero-order valence-electron chi connectivity index (χ0n) is 13.7. The van der Waals surface area contributed by atoms with Crippen LogP contribution < -0.4 is 4.74 Å². The maximum absolute atomic E-state index is 5.46. The van der Waals surface area contributed by atoms with E-state index < -0.39 is 0 Å². The molecule has 0 saturated carbocycles. The summed E-state index contributed by atoms with van der Waals surface area (Å²) in [7, 11) is 1.69. The molecule has 0 unspecified atom stereocenters. The van der Waals surface area contributed by atoms with Crippen molar-refractivity contribution in [3.63, 3.8) is 0 Å². The fourth-order valence-electron chi connectivity index (χ4n) is 3.24. The first-order chi connectivity index (χ1) is 11.2. The first-order valence-electron chi connectivity index (χ1n) is 8.23. The third-order valence-corrected chi connectivity index (χ3v) is 5.00. The van der Waals surface area contributed by atoms with Crippen LogP contribution in [0.1, 0.15) is 49.2 Å². The molecule has 1 aromatic carbocycles. The Morgan fingerprint density at radius 2 is 2.26 bits per heavy atom. The molecule has 23 heavy (non-hydrogen) atoms. The molecular weight excluding hydrogens is 356 g/mol. The Bertz CT molecular complexity index is 656. The lowest BCUT2D eigenvalue weighted by Gasteiger charge is -2.23. The Hall–Kier alpha value is -1.33. The summed E-state index contributed by atoms with van der Waals surface area (Å²) >= 11 is 3.57. The van der Waals surface area contributed by atoms with Crippen LogP contribution in [0.25, 0.3) is 0 Å². The van der Waals surface area contributed by atoms with Crippen LogP contribution in [0.4, 0.5) is 0 Å². The second-order valence-electron chi connectivity index (χ2n) is 6.07. The second-order valence-corrected chi connectivity index (χ2v) is 6.92. The van der Waals surface area contributed by atoms with Gasteiger partial charge in [0.2, 0.25) is 0 Å². The zero-order valence-corrected chi connectivity index (χ0v) is 15.3. The molecule has 1 aliphatic rings. The Labute approximate surface area is 145 Å². The quantitative estimate of drug-likeness (QED) is 0.727. The molecule has 0 aliphatic carbocycles. The monoisotopic (exact) mass is 378 g/mol. The number of hydrogen-bond acceptors (Lipinski definition) is 4. The van der Waals surface area contributed by atoms with Crippen LogP contribution in [0.15, 0.2) is 33.3 Å². The van der Waals surface area contributed by atoms with Crippen molar-refractivity contribution in [1.29, 1.82) is 0 Å². The predicted molar refractivity (Wildman–Crippen MR) is 93.6 cm³/mol. The van der Waals surface area contributed by atoms with E-state index in [1.807, 2.05) is 6.07 Å². The number of halogens is 1. The molecule has 0 bridgehead atoms. The first-order valence-corrected chi connectivity index (χ1v) is 9.02. The average Bonchev–Trinajstić information content (AvgIpc) is 3.17. The summed E-state index contributed by atoms with van der Waals surface area (Å²) in [5.74, 6) is 1.87. The highest BCUT2D eigenvalue weighted by Gasteiger charge is 2.28. The van der Waals surface area contributed by atoms with Crippen LogP contribution in [0.2, 0.25) is 0 Å². The van der Waals surface area contributed by atoms with Gasteiger partial charge in [-0.2, -0.15) is 0 Å². The number of likely N-dealkylation sites (tertiary alicyclic amines) is 1. The van der Waals surface area contributed by atoms with Gasteiger partial charge in [-0.1, -0.05) is 18.1 Å². The van der Waals surface area contributed by atoms with Crippen molar-refractivity contribution in [3.8, 4) is 5.75 Å². The highest BCUT2D eigenvalue weighted by atomic mass is 79.9. The lowest BCUT2D eigenvalue weighted by molar-refractivity contribution is 0.236. The lowest BCUT2D eigenvalue weighted by atomic mass is 10.1. The molecule has 4 nitrogen and oxygen atoms in total. The fourth-order valence-corrected chi connectivity index (χ4v) is 3.83. The molecule has 0 radical (unpaired) electrons. The van der Waals surface area contributed by atoms with Crippen LogP contribution in [0.5, 0.6) is 5.75 Å². The van der Waals surface area contributed by atoms with Gasteiger partial charge in [-0.05, 0) is 59.4 Å². The molecule has 1 saturated heterocycles. The number of methoxy groups -OCH3 is 1. The lowest BCUT2D eigenvalue weighted by Crippen LogP contribution is -2.23. The molecular formula is C18H23BrN2O2. The van der Waals surface area contributed by atoms with E-state index in [1.165, 1.54) is 12.0 Å². The number of hydrogen-bond donors (Lipinski definition) is 0. The van der Waals surface area contributed by atoms with E-state index in [2.05, 4.69) is 51.1 Å². The van der Waals surface area contributed by atoms with Crippen LogP contribution in [-0.2, 0) is 13.0 Å². The minimum atomic E-state index is 0.366. The standard InChI is InChI=1S/C18H23BrN2O2/c1-3-5-14-11-16(20-23-14)17-6-4-9-21(17)12-13-7-8-18(22-2)15(19)10-13/h7-8,10-11,17H,3-6,9,12H2,1-2H3/t17-/m0/s1. The summed E-state index contributed by atoms with van der Waals surface area (Å²) in [6.07, 6.45) is 4.40. The maximum atomic E-state index is 5.46. The van der Waals surface area contributed by atoms with Crippen molar-refractivity contribution in [2.45, 2.75) is 45.2 Å². The van der Waals surface area contributed by atoms with Crippen molar-refractivity contribution >= 4 is 15.9 Å². The van der Waals surface area contributed by atoms with E-state index in [0.29, 0.717) is 6.04 Å². The molecule has 124 valence electrons. The molecule has 2 heterocycles. The summed E-state index contributed by atoms with van der Waals surface area (Å²) in [6, 6.07) is 8.78. The van der Waals surface area contributed by atoms with Gasteiger partial charge in [0, 0.05) is 19.0 Å². The average molecular weight is 379 g/mol. The van der Waals surface area contributed by atoms with E-state index in [0.717, 1.165) is 54.0 Å². The molecule has 1 fully saturated rings. The number of aryl methyl sites for hydroxylation is 1. The second kappa shape index (κ2) is 7.49. The van der Waals surface area contributed by atoms with Crippen molar-refractivity contribution in [3.05, 3.63) is 45.8 Å². The molecule has 1 aliphatic heterocycles. The maximum Gasteiger partial charge on any atom is 0.137 e. The van der Waals surface area contributed by atoms with Gasteiger partial charge in [0.1, 0.15) is 17.2 Å². The summed E-state index contributed by atoms with van der Waals surface area (Å²) in [5, 5.41) is 4.31. The topological polar surface area (TPSA) is 38.5 Å². The molecule has 2 aromatic rings. The van der Waals surface area contributed by atoms with Gasteiger partial charge in [0.15, 0.2) is 0 Å². The molecule has 5 heteroatoms. The van der Waals surface area contributed by atoms with Gasteiger partial charge in [-0.15, -0.1) is 0 Å².